The van der Waals surface area contributed by atoms with Crippen molar-refractivity contribution in [3.05, 3.63) is 23.7 Å². The largest absolute Gasteiger partial charge is 0.411 e. The molecule has 10 nitrogen and oxygen atoms in total. The quantitative estimate of drug-likeness (QED) is 0.485. The number of nitrogens with zero attached hydrogens (tertiary/aromatic N) is 7. The summed E-state index contributed by atoms with van der Waals surface area (Å²) in [6.07, 6.45) is -2.14. The summed E-state index contributed by atoms with van der Waals surface area (Å²) >= 11 is 0. The first kappa shape index (κ1) is 23.1. The van der Waals surface area contributed by atoms with Crippen LogP contribution in [0.1, 0.15) is 18.3 Å². The van der Waals surface area contributed by atoms with Gasteiger partial charge in [-0.05, 0) is 19.4 Å². The van der Waals surface area contributed by atoms with Crippen LogP contribution in [0.5, 0.6) is 0 Å². The molecule has 2 N–H and O–H groups in total. The average Bonchev–Trinajstić information content (AvgIpc) is 3.15. The highest BCUT2D eigenvalue weighted by Crippen LogP contribution is 2.28. The second-order valence-electron chi connectivity index (χ2n) is 7.64. The van der Waals surface area contributed by atoms with Gasteiger partial charge in [0.05, 0.1) is 18.8 Å². The Morgan fingerprint density at radius 1 is 1.18 bits per heavy atom. The summed E-state index contributed by atoms with van der Waals surface area (Å²) < 4.78 is 43.7. The number of rotatable bonds is 8. The number of anilines is 3. The van der Waals surface area contributed by atoms with Gasteiger partial charge in [-0.15, -0.1) is 0 Å². The monoisotopic (exact) mass is 465 g/mol. The van der Waals surface area contributed by atoms with Gasteiger partial charge in [-0.25, -0.2) is 15.0 Å². The van der Waals surface area contributed by atoms with Crippen LogP contribution in [0, 0.1) is 6.92 Å². The van der Waals surface area contributed by atoms with E-state index in [0.29, 0.717) is 35.2 Å². The first-order chi connectivity index (χ1) is 15.8. The van der Waals surface area contributed by atoms with Crippen LogP contribution in [-0.4, -0.2) is 75.3 Å². The average molecular weight is 465 g/mol. The summed E-state index contributed by atoms with van der Waals surface area (Å²) in [6, 6.07) is 1.78. The van der Waals surface area contributed by atoms with Gasteiger partial charge in [0.25, 0.3) is 0 Å². The van der Waals surface area contributed by atoms with E-state index in [0.717, 1.165) is 37.6 Å². The second-order valence-corrected chi connectivity index (χ2v) is 7.64. The van der Waals surface area contributed by atoms with Gasteiger partial charge in [0, 0.05) is 38.1 Å². The molecule has 3 aromatic heterocycles. The summed E-state index contributed by atoms with van der Waals surface area (Å²) in [5.41, 5.74) is 2.73. The highest BCUT2D eigenvalue weighted by Gasteiger charge is 2.27. The number of alkyl halides is 3. The molecule has 0 amide bonds. The normalized spacial score (nSPS) is 14.8. The molecule has 178 valence electrons. The summed E-state index contributed by atoms with van der Waals surface area (Å²) in [4.78, 5) is 20.3. The molecule has 4 heterocycles. The number of hydrogen-bond donors (Lipinski definition) is 2. The summed E-state index contributed by atoms with van der Waals surface area (Å²) in [6.45, 7) is 5.62. The molecule has 4 rings (SSSR count). The van der Waals surface area contributed by atoms with Gasteiger partial charge in [0.2, 0.25) is 11.9 Å². The van der Waals surface area contributed by atoms with Crippen LogP contribution in [0.2, 0.25) is 0 Å². The number of aryl methyl sites for hydroxylation is 2. The number of hydrogen-bond acceptors (Lipinski definition) is 9. The highest BCUT2D eigenvalue weighted by atomic mass is 19.4. The van der Waals surface area contributed by atoms with E-state index < -0.39 is 12.8 Å². The van der Waals surface area contributed by atoms with Crippen LogP contribution in [0.3, 0.4) is 0 Å². The minimum atomic E-state index is -4.38. The molecule has 0 spiro atoms. The van der Waals surface area contributed by atoms with Crippen molar-refractivity contribution < 1.29 is 17.9 Å². The van der Waals surface area contributed by atoms with Gasteiger partial charge in [0.15, 0.2) is 5.82 Å². The molecular weight excluding hydrogens is 439 g/mol. The highest BCUT2D eigenvalue weighted by molar-refractivity contribution is 5.90. The predicted molar refractivity (Wildman–Crippen MR) is 117 cm³/mol. The molecule has 33 heavy (non-hydrogen) atoms. The zero-order chi connectivity index (χ0) is 23.4. The fraction of sp³-hybridized carbons (Fsp3) is 0.550. The maximum atomic E-state index is 12.5. The van der Waals surface area contributed by atoms with E-state index in [4.69, 9.17) is 14.7 Å². The molecule has 13 heteroatoms. The standard InChI is InChI=1S/C20H26F3N9O/c1-3-14-15-16(32(30-14)10-11-33-12-20(21,22)23)17(28-18-25-5-4-13(2)26-18)29-19(27-15)31-8-6-24-7-9-31/h4-5,24H,3,6-12H2,1-2H3,(H,25,26,27,28,29). The zero-order valence-electron chi connectivity index (χ0n) is 18.5. The Bertz CT molecular complexity index is 1100. The van der Waals surface area contributed by atoms with E-state index in [1.54, 1.807) is 16.9 Å². The minimum absolute atomic E-state index is 0.117. The van der Waals surface area contributed by atoms with Crippen molar-refractivity contribution in [2.24, 2.45) is 0 Å². The molecule has 0 aromatic carbocycles. The van der Waals surface area contributed by atoms with Gasteiger partial charge in [-0.3, -0.25) is 4.68 Å². The van der Waals surface area contributed by atoms with Crippen molar-refractivity contribution in [1.82, 2.24) is 35.0 Å². The van der Waals surface area contributed by atoms with E-state index in [2.05, 4.69) is 30.6 Å². The van der Waals surface area contributed by atoms with Crippen LogP contribution in [-0.2, 0) is 17.7 Å². The SMILES string of the molecule is CCc1nn(CCOCC(F)(F)F)c2c(Nc3nccc(C)n3)nc(N3CCNCC3)nc12. The van der Waals surface area contributed by atoms with Gasteiger partial charge >= 0.3 is 6.18 Å². The zero-order valence-corrected chi connectivity index (χ0v) is 18.5. The van der Waals surface area contributed by atoms with Crippen LogP contribution in [0.15, 0.2) is 12.3 Å². The number of piperazine rings is 1. The van der Waals surface area contributed by atoms with E-state index in [-0.39, 0.29) is 13.2 Å². The molecule has 0 atom stereocenters. The fourth-order valence-corrected chi connectivity index (χ4v) is 3.58. The molecule has 0 radical (unpaired) electrons. The molecule has 1 fully saturated rings. The van der Waals surface area contributed by atoms with Crippen LogP contribution < -0.4 is 15.5 Å². The van der Waals surface area contributed by atoms with Gasteiger partial charge < -0.3 is 20.3 Å². The lowest BCUT2D eigenvalue weighted by atomic mass is 10.2. The molecule has 0 bridgehead atoms. The maximum Gasteiger partial charge on any atom is 0.411 e. The number of aromatic nitrogens is 6. The molecule has 1 aliphatic rings. The van der Waals surface area contributed by atoms with Gasteiger partial charge in [-0.1, -0.05) is 6.92 Å². The summed E-state index contributed by atoms with van der Waals surface area (Å²) in [5, 5.41) is 11.1. The third-order valence-corrected chi connectivity index (χ3v) is 5.12. The Kier molecular flexibility index (Phi) is 6.88. The topological polar surface area (TPSA) is 106 Å². The summed E-state index contributed by atoms with van der Waals surface area (Å²) in [5.74, 6) is 1.37. The summed E-state index contributed by atoms with van der Waals surface area (Å²) in [7, 11) is 0. The van der Waals surface area contributed by atoms with Crippen molar-refractivity contribution in [3.8, 4) is 0 Å². The number of ether oxygens (including phenoxy) is 1. The predicted octanol–water partition coefficient (Wildman–Crippen LogP) is 2.22. The Morgan fingerprint density at radius 2 is 1.97 bits per heavy atom. The number of nitrogens with one attached hydrogen (secondary N) is 2. The Morgan fingerprint density at radius 3 is 2.67 bits per heavy atom. The van der Waals surface area contributed by atoms with Crippen molar-refractivity contribution in [1.29, 1.82) is 0 Å². The maximum absolute atomic E-state index is 12.5. The molecule has 3 aromatic rings. The van der Waals surface area contributed by atoms with Crippen molar-refractivity contribution in [3.63, 3.8) is 0 Å². The molecule has 0 aliphatic carbocycles. The lowest BCUT2D eigenvalue weighted by Gasteiger charge is -2.27. The van der Waals surface area contributed by atoms with Gasteiger partial charge in [-0.2, -0.15) is 23.3 Å². The Labute approximate surface area is 188 Å². The van der Waals surface area contributed by atoms with Crippen LogP contribution in [0.4, 0.5) is 30.9 Å². The lowest BCUT2D eigenvalue weighted by Crippen LogP contribution is -2.44. The van der Waals surface area contributed by atoms with E-state index in [1.807, 2.05) is 13.8 Å². The van der Waals surface area contributed by atoms with E-state index in [1.165, 1.54) is 0 Å². The van der Waals surface area contributed by atoms with Gasteiger partial charge in [0.1, 0.15) is 17.6 Å². The van der Waals surface area contributed by atoms with E-state index >= 15 is 0 Å². The van der Waals surface area contributed by atoms with Crippen molar-refractivity contribution in [2.45, 2.75) is 33.0 Å². The van der Waals surface area contributed by atoms with Crippen LogP contribution >= 0.6 is 0 Å². The molecule has 0 unspecified atom stereocenters. The molecule has 1 aliphatic heterocycles. The van der Waals surface area contributed by atoms with Crippen molar-refractivity contribution in [2.75, 3.05) is 49.6 Å². The second kappa shape index (κ2) is 9.83. The van der Waals surface area contributed by atoms with Crippen molar-refractivity contribution >= 4 is 28.7 Å². The first-order valence-electron chi connectivity index (χ1n) is 10.8. The number of fused-ring (bicyclic) bond motifs is 1. The minimum Gasteiger partial charge on any atom is -0.370 e. The molecule has 1 saturated heterocycles. The third kappa shape index (κ3) is 5.66. The molecule has 0 saturated carbocycles. The fourth-order valence-electron chi connectivity index (χ4n) is 3.58. The third-order valence-electron chi connectivity index (χ3n) is 5.12. The molecular formula is C20H26F3N9O. The first-order valence-corrected chi connectivity index (χ1v) is 10.8. The van der Waals surface area contributed by atoms with E-state index in [9.17, 15) is 13.2 Å². The Hall–Kier alpha value is -3.06. The number of halogens is 3. The Balaban J connectivity index is 1.73. The lowest BCUT2D eigenvalue weighted by molar-refractivity contribution is -0.174. The van der Waals surface area contributed by atoms with Crippen LogP contribution in [0.25, 0.3) is 11.0 Å². The smallest absolute Gasteiger partial charge is 0.370 e.